The predicted octanol–water partition coefficient (Wildman–Crippen LogP) is 2.84. The molecule has 0 saturated carbocycles. The number of fused-ring (bicyclic) bond motifs is 1. The summed E-state index contributed by atoms with van der Waals surface area (Å²) in [6, 6.07) is 14.1. The normalized spacial score (nSPS) is 17.9. The largest absolute Gasteiger partial charge is 0.480 e. The van der Waals surface area contributed by atoms with Crippen molar-refractivity contribution in [3.8, 4) is 0 Å². The minimum Gasteiger partial charge on any atom is -0.480 e. The summed E-state index contributed by atoms with van der Waals surface area (Å²) in [5, 5.41) is 23.3. The number of anilines is 1. The summed E-state index contributed by atoms with van der Waals surface area (Å²) >= 11 is 0. The maximum atomic E-state index is 13.5. The minimum absolute atomic E-state index is 0.109. The first-order valence-electron chi connectivity index (χ1n) is 11.4. The van der Waals surface area contributed by atoms with Crippen LogP contribution in [0.2, 0.25) is 0 Å². The van der Waals surface area contributed by atoms with E-state index in [4.69, 9.17) is 4.74 Å². The number of hydrogen-bond donors (Lipinski definition) is 3. The number of carbonyl (C=O) groups is 3. The second-order valence-electron chi connectivity index (χ2n) is 9.45. The molecule has 0 radical (unpaired) electrons. The van der Waals surface area contributed by atoms with Crippen LogP contribution in [0.1, 0.15) is 50.8 Å². The van der Waals surface area contributed by atoms with Gasteiger partial charge in [-0.2, -0.15) is 0 Å². The average molecular weight is 469 g/mol. The standard InChI is InChI=1S/C26H32N2O6/c1-26(2,3)34-23(30)16-28-21-12-8-7-9-17(21)13-14-19(24(28)31)27-20(25(32)33)15-22(29)18-10-5-4-6-11-18/h4-12,19-20,22,27,29H,13-16H2,1-3H3,(H,32,33). The predicted molar refractivity (Wildman–Crippen MR) is 127 cm³/mol. The Morgan fingerprint density at radius 3 is 2.41 bits per heavy atom. The van der Waals surface area contributed by atoms with Crippen molar-refractivity contribution >= 4 is 23.5 Å². The number of benzene rings is 2. The van der Waals surface area contributed by atoms with Crippen molar-refractivity contribution in [1.82, 2.24) is 5.32 Å². The van der Waals surface area contributed by atoms with Gasteiger partial charge in [0.1, 0.15) is 18.2 Å². The second kappa shape index (κ2) is 10.8. The topological polar surface area (TPSA) is 116 Å². The Kier molecular flexibility index (Phi) is 8.06. The molecule has 1 amide bonds. The van der Waals surface area contributed by atoms with Gasteiger partial charge in [0.2, 0.25) is 5.91 Å². The molecule has 3 N–H and O–H groups in total. The van der Waals surface area contributed by atoms with Crippen molar-refractivity contribution in [2.24, 2.45) is 0 Å². The number of aryl methyl sites for hydroxylation is 1. The number of aliphatic hydroxyl groups excluding tert-OH is 1. The molecule has 8 heteroatoms. The first-order valence-corrected chi connectivity index (χ1v) is 11.4. The van der Waals surface area contributed by atoms with Gasteiger partial charge in [0.05, 0.1) is 12.1 Å². The van der Waals surface area contributed by atoms with Gasteiger partial charge in [0, 0.05) is 12.1 Å². The Hall–Kier alpha value is -3.23. The third-order valence-corrected chi connectivity index (χ3v) is 5.60. The molecule has 0 aromatic heterocycles. The van der Waals surface area contributed by atoms with E-state index >= 15 is 0 Å². The summed E-state index contributed by atoms with van der Waals surface area (Å²) in [4.78, 5) is 39.4. The number of aliphatic carboxylic acids is 1. The highest BCUT2D eigenvalue weighted by molar-refractivity contribution is 6.02. The fraction of sp³-hybridized carbons (Fsp3) is 0.423. The molecule has 0 fully saturated rings. The molecule has 34 heavy (non-hydrogen) atoms. The number of para-hydroxylation sites is 1. The van der Waals surface area contributed by atoms with Crippen molar-refractivity contribution < 1.29 is 29.3 Å². The van der Waals surface area contributed by atoms with Crippen LogP contribution in [-0.2, 0) is 25.5 Å². The summed E-state index contributed by atoms with van der Waals surface area (Å²) < 4.78 is 5.42. The SMILES string of the molecule is CC(C)(C)OC(=O)CN1C(=O)C(NC(CC(O)c2ccccc2)C(=O)O)CCc2ccccc21. The van der Waals surface area contributed by atoms with E-state index in [-0.39, 0.29) is 13.0 Å². The number of nitrogens with zero attached hydrogens (tertiary/aromatic N) is 1. The van der Waals surface area contributed by atoms with Crippen LogP contribution in [0.15, 0.2) is 54.6 Å². The lowest BCUT2D eigenvalue weighted by atomic mass is 10.00. The Morgan fingerprint density at radius 2 is 1.76 bits per heavy atom. The summed E-state index contributed by atoms with van der Waals surface area (Å²) in [6.07, 6.45) is -0.239. The van der Waals surface area contributed by atoms with E-state index in [9.17, 15) is 24.6 Å². The van der Waals surface area contributed by atoms with E-state index < -0.39 is 41.6 Å². The third kappa shape index (κ3) is 6.65. The summed E-state index contributed by atoms with van der Waals surface area (Å²) in [7, 11) is 0. The van der Waals surface area contributed by atoms with E-state index in [1.54, 1.807) is 57.2 Å². The monoisotopic (exact) mass is 468 g/mol. The Morgan fingerprint density at radius 1 is 1.12 bits per heavy atom. The van der Waals surface area contributed by atoms with Crippen LogP contribution in [0.25, 0.3) is 0 Å². The van der Waals surface area contributed by atoms with Gasteiger partial charge in [-0.1, -0.05) is 48.5 Å². The number of carboxylic acid groups (broad SMARTS) is 1. The summed E-state index contributed by atoms with van der Waals surface area (Å²) in [6.45, 7) is 4.98. The number of carboxylic acids is 1. The fourth-order valence-electron chi connectivity index (χ4n) is 4.05. The number of nitrogens with one attached hydrogen (secondary N) is 1. The van der Waals surface area contributed by atoms with Gasteiger partial charge in [-0.25, -0.2) is 0 Å². The Balaban J connectivity index is 1.81. The van der Waals surface area contributed by atoms with Crippen LogP contribution in [0, 0.1) is 0 Å². The third-order valence-electron chi connectivity index (χ3n) is 5.60. The molecule has 1 aliphatic heterocycles. The maximum absolute atomic E-state index is 13.5. The quantitative estimate of drug-likeness (QED) is 0.510. The highest BCUT2D eigenvalue weighted by Gasteiger charge is 2.35. The number of ether oxygens (including phenoxy) is 1. The van der Waals surface area contributed by atoms with Crippen molar-refractivity contribution in [3.63, 3.8) is 0 Å². The number of esters is 1. The molecule has 8 nitrogen and oxygen atoms in total. The van der Waals surface area contributed by atoms with Crippen LogP contribution in [-0.4, -0.2) is 52.3 Å². The van der Waals surface area contributed by atoms with E-state index in [2.05, 4.69) is 5.32 Å². The van der Waals surface area contributed by atoms with E-state index in [1.165, 1.54) is 4.90 Å². The molecule has 1 aliphatic rings. The van der Waals surface area contributed by atoms with Crippen molar-refractivity contribution in [2.75, 3.05) is 11.4 Å². The molecule has 0 saturated heterocycles. The van der Waals surface area contributed by atoms with E-state index in [1.807, 2.05) is 18.2 Å². The van der Waals surface area contributed by atoms with Crippen LogP contribution in [0.5, 0.6) is 0 Å². The Labute approximate surface area is 199 Å². The molecule has 3 atom stereocenters. The van der Waals surface area contributed by atoms with Crippen LogP contribution in [0.4, 0.5) is 5.69 Å². The van der Waals surface area contributed by atoms with Crippen LogP contribution in [0.3, 0.4) is 0 Å². The van der Waals surface area contributed by atoms with Crippen molar-refractivity contribution in [1.29, 1.82) is 0 Å². The lowest BCUT2D eigenvalue weighted by Gasteiger charge is -2.29. The van der Waals surface area contributed by atoms with Gasteiger partial charge >= 0.3 is 11.9 Å². The second-order valence-corrected chi connectivity index (χ2v) is 9.45. The van der Waals surface area contributed by atoms with Crippen LogP contribution < -0.4 is 10.2 Å². The lowest BCUT2D eigenvalue weighted by molar-refractivity contribution is -0.153. The molecule has 0 aliphatic carbocycles. The minimum atomic E-state index is -1.16. The van der Waals surface area contributed by atoms with Gasteiger partial charge < -0.3 is 14.9 Å². The van der Waals surface area contributed by atoms with E-state index in [0.29, 0.717) is 24.1 Å². The van der Waals surface area contributed by atoms with Gasteiger partial charge in [-0.15, -0.1) is 0 Å². The highest BCUT2D eigenvalue weighted by Crippen LogP contribution is 2.28. The molecular formula is C26H32N2O6. The van der Waals surface area contributed by atoms with Gasteiger partial charge in [-0.05, 0) is 50.8 Å². The molecular weight excluding hydrogens is 436 g/mol. The molecule has 0 spiro atoms. The van der Waals surface area contributed by atoms with Crippen molar-refractivity contribution in [2.45, 2.75) is 63.8 Å². The number of hydrogen-bond acceptors (Lipinski definition) is 6. The highest BCUT2D eigenvalue weighted by atomic mass is 16.6. The first-order chi connectivity index (χ1) is 16.0. The van der Waals surface area contributed by atoms with E-state index in [0.717, 1.165) is 5.56 Å². The number of carbonyl (C=O) groups excluding carboxylic acids is 2. The van der Waals surface area contributed by atoms with Gasteiger partial charge in [0.25, 0.3) is 0 Å². The van der Waals surface area contributed by atoms with Crippen molar-refractivity contribution in [3.05, 3.63) is 65.7 Å². The molecule has 2 aromatic carbocycles. The Bertz CT molecular complexity index is 1020. The molecule has 2 aromatic rings. The van der Waals surface area contributed by atoms with Gasteiger partial charge in [0.15, 0.2) is 0 Å². The fourth-order valence-corrected chi connectivity index (χ4v) is 4.05. The first kappa shape index (κ1) is 25.4. The number of aliphatic hydroxyl groups is 1. The zero-order valence-electron chi connectivity index (χ0n) is 19.7. The molecule has 0 bridgehead atoms. The maximum Gasteiger partial charge on any atom is 0.326 e. The number of amides is 1. The van der Waals surface area contributed by atoms with Crippen LogP contribution >= 0.6 is 0 Å². The lowest BCUT2D eigenvalue weighted by Crippen LogP contribution is -2.53. The molecule has 182 valence electrons. The number of rotatable bonds is 8. The smallest absolute Gasteiger partial charge is 0.326 e. The van der Waals surface area contributed by atoms with Gasteiger partial charge in [-0.3, -0.25) is 24.6 Å². The molecule has 3 unspecified atom stereocenters. The summed E-state index contributed by atoms with van der Waals surface area (Å²) in [5.41, 5.74) is 1.39. The zero-order valence-corrected chi connectivity index (χ0v) is 19.7. The average Bonchev–Trinajstić information content (AvgIpc) is 2.90. The zero-order chi connectivity index (χ0) is 24.9. The molecule has 1 heterocycles. The molecule has 3 rings (SSSR count). The summed E-state index contributed by atoms with van der Waals surface area (Å²) in [5.74, 6) is -2.12.